The number of alkyl halides is 2. The number of para-hydroxylation sites is 2. The summed E-state index contributed by atoms with van der Waals surface area (Å²) in [7, 11) is 1.64. The van der Waals surface area contributed by atoms with Crippen molar-refractivity contribution in [3.05, 3.63) is 24.3 Å². The summed E-state index contributed by atoms with van der Waals surface area (Å²) in [6.07, 6.45) is 0.855. The Morgan fingerprint density at radius 2 is 2.19 bits per heavy atom. The molecule has 8 heteroatoms. The molecule has 0 spiro atoms. The van der Waals surface area contributed by atoms with Crippen molar-refractivity contribution in [1.29, 1.82) is 0 Å². The third kappa shape index (κ3) is 3.74. The number of hydrogen-bond acceptors (Lipinski definition) is 6. The van der Waals surface area contributed by atoms with Gasteiger partial charge in [-0.3, -0.25) is 0 Å². The van der Waals surface area contributed by atoms with Gasteiger partial charge in [0.25, 0.3) is 0 Å². The van der Waals surface area contributed by atoms with Gasteiger partial charge >= 0.3 is 0 Å². The average Bonchev–Trinajstić information content (AvgIpc) is 2.86. The van der Waals surface area contributed by atoms with E-state index in [4.69, 9.17) is 27.9 Å². The first-order valence-electron chi connectivity index (χ1n) is 6.32. The van der Waals surface area contributed by atoms with Crippen LogP contribution in [-0.4, -0.2) is 27.4 Å². The lowest BCUT2D eigenvalue weighted by Crippen LogP contribution is -1.93. The Morgan fingerprint density at radius 3 is 2.90 bits per heavy atom. The van der Waals surface area contributed by atoms with Crippen LogP contribution in [0.15, 0.2) is 28.6 Å². The Bertz CT molecular complexity index is 635. The molecule has 0 amide bonds. The molecule has 0 bridgehead atoms. The molecule has 1 N–H and O–H groups in total. The molecule has 21 heavy (non-hydrogen) atoms. The lowest BCUT2D eigenvalue weighted by Gasteiger charge is -2.07. The normalized spacial score (nSPS) is 19.3. The van der Waals surface area contributed by atoms with Gasteiger partial charge in [-0.15, -0.1) is 33.4 Å². The van der Waals surface area contributed by atoms with E-state index in [9.17, 15) is 0 Å². The summed E-state index contributed by atoms with van der Waals surface area (Å²) in [5.74, 6) is 1.99. The van der Waals surface area contributed by atoms with Crippen LogP contribution in [0.5, 0.6) is 5.75 Å². The number of ether oxygens (including phenoxy) is 1. The van der Waals surface area contributed by atoms with E-state index in [1.807, 2.05) is 24.3 Å². The van der Waals surface area contributed by atoms with Crippen molar-refractivity contribution in [3.8, 4) is 5.75 Å². The lowest BCUT2D eigenvalue weighted by molar-refractivity contribution is 0.417. The molecule has 0 unspecified atom stereocenters. The van der Waals surface area contributed by atoms with Crippen molar-refractivity contribution >= 4 is 57.1 Å². The molecule has 2 aromatic rings. The number of halogens is 2. The van der Waals surface area contributed by atoms with Crippen molar-refractivity contribution in [2.24, 2.45) is 5.92 Å². The molecule has 0 aliphatic heterocycles. The maximum absolute atomic E-state index is 6.01. The number of hydrogen-bond donors (Lipinski definition) is 1. The monoisotopic (exact) mass is 361 g/mol. The molecular weight excluding hydrogens is 349 g/mol. The van der Waals surface area contributed by atoms with Crippen LogP contribution in [0.4, 0.5) is 10.8 Å². The van der Waals surface area contributed by atoms with Gasteiger partial charge in [0.2, 0.25) is 5.13 Å². The molecule has 1 aliphatic rings. The molecule has 1 aliphatic carbocycles. The molecule has 1 fully saturated rings. The van der Waals surface area contributed by atoms with Crippen LogP contribution < -0.4 is 10.1 Å². The van der Waals surface area contributed by atoms with E-state index in [1.165, 1.54) is 11.3 Å². The number of nitrogens with zero attached hydrogens (tertiary/aromatic N) is 2. The topological polar surface area (TPSA) is 47.0 Å². The van der Waals surface area contributed by atoms with Gasteiger partial charge in [-0.2, -0.15) is 0 Å². The highest BCUT2D eigenvalue weighted by Crippen LogP contribution is 2.55. The van der Waals surface area contributed by atoms with E-state index >= 15 is 0 Å². The molecule has 3 rings (SSSR count). The van der Waals surface area contributed by atoms with Crippen molar-refractivity contribution in [2.45, 2.75) is 15.1 Å². The van der Waals surface area contributed by atoms with Gasteiger partial charge in [-0.1, -0.05) is 35.2 Å². The second kappa shape index (κ2) is 6.20. The fourth-order valence-electron chi connectivity index (χ4n) is 1.80. The first kappa shape index (κ1) is 15.2. The molecule has 4 nitrogen and oxygen atoms in total. The van der Waals surface area contributed by atoms with Crippen molar-refractivity contribution in [3.63, 3.8) is 0 Å². The maximum Gasteiger partial charge on any atom is 0.210 e. The molecule has 0 saturated heterocycles. The SMILES string of the molecule is COc1ccccc1Nc1nnc(SC[C@@H]2CC2(Cl)Cl)s1. The number of nitrogens with one attached hydrogen (secondary N) is 1. The van der Waals surface area contributed by atoms with Crippen LogP contribution in [0.3, 0.4) is 0 Å². The van der Waals surface area contributed by atoms with Gasteiger partial charge in [0.15, 0.2) is 4.34 Å². The van der Waals surface area contributed by atoms with Crippen LogP contribution in [0.25, 0.3) is 0 Å². The molecule has 1 aromatic carbocycles. The van der Waals surface area contributed by atoms with Gasteiger partial charge in [0.05, 0.1) is 12.8 Å². The van der Waals surface area contributed by atoms with E-state index in [0.717, 1.165) is 33.1 Å². The Hall–Kier alpha value is -0.690. The molecular formula is C13H13Cl2N3OS2. The Kier molecular flexibility index (Phi) is 4.49. The highest BCUT2D eigenvalue weighted by atomic mass is 35.5. The highest BCUT2D eigenvalue weighted by Gasteiger charge is 2.51. The van der Waals surface area contributed by atoms with Gasteiger partial charge in [-0.05, 0) is 18.6 Å². The van der Waals surface area contributed by atoms with Crippen molar-refractivity contribution < 1.29 is 4.74 Å². The average molecular weight is 362 g/mol. The van der Waals surface area contributed by atoms with Crippen molar-refractivity contribution in [2.75, 3.05) is 18.2 Å². The molecule has 1 heterocycles. The zero-order chi connectivity index (χ0) is 14.9. The molecule has 1 aromatic heterocycles. The van der Waals surface area contributed by atoms with Gasteiger partial charge < -0.3 is 10.1 Å². The number of methoxy groups -OCH3 is 1. The second-order valence-electron chi connectivity index (χ2n) is 4.67. The quantitative estimate of drug-likeness (QED) is 0.602. The summed E-state index contributed by atoms with van der Waals surface area (Å²) in [6, 6.07) is 7.69. The van der Waals surface area contributed by atoms with Crippen LogP contribution in [0.2, 0.25) is 0 Å². The number of anilines is 2. The zero-order valence-corrected chi connectivity index (χ0v) is 14.3. The lowest BCUT2D eigenvalue weighted by atomic mass is 10.3. The minimum absolute atomic E-state index is 0.348. The number of thioether (sulfide) groups is 1. The van der Waals surface area contributed by atoms with E-state index in [2.05, 4.69) is 15.5 Å². The molecule has 112 valence electrons. The van der Waals surface area contributed by atoms with Crippen LogP contribution in [0, 0.1) is 5.92 Å². The summed E-state index contributed by atoms with van der Waals surface area (Å²) in [6.45, 7) is 0. The van der Waals surface area contributed by atoms with Crippen molar-refractivity contribution in [1.82, 2.24) is 10.2 Å². The summed E-state index contributed by atoms with van der Waals surface area (Å²) >= 11 is 15.2. The van der Waals surface area contributed by atoms with Gasteiger partial charge in [-0.25, -0.2) is 0 Å². The van der Waals surface area contributed by atoms with E-state index in [1.54, 1.807) is 18.9 Å². The minimum atomic E-state index is -0.532. The first-order valence-corrected chi connectivity index (χ1v) is 8.88. The number of benzene rings is 1. The Labute approximate surface area is 141 Å². The standard InChI is InChI=1S/C13H13Cl2N3OS2/c1-19-10-5-3-2-4-9(10)16-11-17-18-12(21-11)20-7-8-6-13(8,14)15/h2-5,8H,6-7H2,1H3,(H,16,17)/t8-/m0/s1. The van der Waals surface area contributed by atoms with E-state index in [-0.39, 0.29) is 0 Å². The molecule has 1 atom stereocenters. The predicted molar refractivity (Wildman–Crippen MR) is 89.5 cm³/mol. The summed E-state index contributed by atoms with van der Waals surface area (Å²) in [4.78, 5) is 0. The van der Waals surface area contributed by atoms with Gasteiger partial charge in [0, 0.05) is 11.7 Å². The Balaban J connectivity index is 1.60. The maximum atomic E-state index is 6.01. The minimum Gasteiger partial charge on any atom is -0.495 e. The fraction of sp³-hybridized carbons (Fsp3) is 0.385. The highest BCUT2D eigenvalue weighted by molar-refractivity contribution is 8.01. The fourth-order valence-corrected chi connectivity index (χ4v) is 4.52. The van der Waals surface area contributed by atoms with Crippen LogP contribution >= 0.6 is 46.3 Å². The molecule has 0 radical (unpaired) electrons. The van der Waals surface area contributed by atoms with Crippen LogP contribution in [-0.2, 0) is 0 Å². The van der Waals surface area contributed by atoms with E-state index < -0.39 is 4.33 Å². The number of aromatic nitrogens is 2. The summed E-state index contributed by atoms with van der Waals surface area (Å²) in [5, 5.41) is 12.2. The third-order valence-electron chi connectivity index (χ3n) is 3.12. The largest absolute Gasteiger partial charge is 0.495 e. The first-order chi connectivity index (χ1) is 10.1. The third-order valence-corrected chi connectivity index (χ3v) is 6.18. The predicted octanol–water partition coefficient (Wildman–Crippen LogP) is 4.58. The second-order valence-corrected chi connectivity index (χ2v) is 8.46. The summed E-state index contributed by atoms with van der Waals surface area (Å²) in [5.41, 5.74) is 0.871. The number of rotatable bonds is 6. The summed E-state index contributed by atoms with van der Waals surface area (Å²) < 4.78 is 5.67. The van der Waals surface area contributed by atoms with Gasteiger partial charge in [0.1, 0.15) is 10.1 Å². The smallest absolute Gasteiger partial charge is 0.210 e. The zero-order valence-electron chi connectivity index (χ0n) is 11.2. The molecule has 1 saturated carbocycles. The van der Waals surface area contributed by atoms with Crippen LogP contribution in [0.1, 0.15) is 6.42 Å². The van der Waals surface area contributed by atoms with E-state index in [0.29, 0.717) is 5.92 Å². The Morgan fingerprint density at radius 1 is 1.43 bits per heavy atom.